The van der Waals surface area contributed by atoms with Crippen LogP contribution in [0, 0.1) is 0 Å². The molecule has 0 aliphatic carbocycles. The minimum atomic E-state index is -0.694. The van der Waals surface area contributed by atoms with E-state index < -0.39 is 11.9 Å². The number of carbonyl (C=O) groups excluding carboxylic acids is 2. The van der Waals surface area contributed by atoms with Crippen LogP contribution >= 0.6 is 0 Å². The molecule has 1 unspecified atom stereocenters. The second-order valence-electron chi connectivity index (χ2n) is 8.17. The molecule has 2 amide bonds. The molecule has 0 saturated heterocycles. The molecule has 188 valence electrons. The number of amides is 2. The first-order valence-corrected chi connectivity index (χ1v) is 11.7. The molecule has 0 radical (unpaired) electrons. The molecule has 0 heterocycles. The van der Waals surface area contributed by atoms with Gasteiger partial charge in [0.2, 0.25) is 5.91 Å². The maximum Gasteiger partial charge on any atom is 0.253 e. The number of nitrogens with zero attached hydrogens (tertiary/aromatic N) is 1. The molecule has 8 nitrogen and oxygen atoms in total. The average molecular weight is 489 g/mol. The first-order valence-electron chi connectivity index (χ1n) is 11.7. The van der Waals surface area contributed by atoms with Crippen molar-refractivity contribution in [3.05, 3.63) is 95.6 Å². The smallest absolute Gasteiger partial charge is 0.253 e. The number of nitrogens with one attached hydrogen (secondary N) is 2. The van der Waals surface area contributed by atoms with Gasteiger partial charge in [0.15, 0.2) is 17.5 Å². The molecule has 36 heavy (non-hydrogen) atoms. The van der Waals surface area contributed by atoms with Crippen molar-refractivity contribution in [3.63, 3.8) is 0 Å². The maximum absolute atomic E-state index is 13.0. The molecule has 1 atom stereocenters. The summed E-state index contributed by atoms with van der Waals surface area (Å²) in [5.74, 6) is 0.309. The molecule has 3 rings (SSSR count). The molecule has 3 aromatic rings. The Morgan fingerprint density at radius 1 is 0.861 bits per heavy atom. The topological polar surface area (TPSA) is 115 Å². The molecule has 3 aromatic carbocycles. The summed E-state index contributed by atoms with van der Waals surface area (Å²) in [7, 11) is 3.07. The molecule has 0 aliphatic heterocycles. The summed E-state index contributed by atoms with van der Waals surface area (Å²) in [6.07, 6.45) is 1.12. The third kappa shape index (κ3) is 8.16. The SMILES string of the molecule is COc1ccc(CC(=O)N=C(N)NC(Cc2ccccc2)C(=O)NCCc2ccccc2)cc1OC. The summed E-state index contributed by atoms with van der Waals surface area (Å²) in [6.45, 7) is 0.477. The molecule has 0 aliphatic rings. The molecule has 0 saturated carbocycles. The van der Waals surface area contributed by atoms with E-state index in [1.807, 2.05) is 60.7 Å². The number of hydrogen-bond acceptors (Lipinski definition) is 4. The van der Waals surface area contributed by atoms with Crippen molar-refractivity contribution < 1.29 is 19.1 Å². The van der Waals surface area contributed by atoms with Crippen LogP contribution in [0.15, 0.2) is 83.9 Å². The largest absolute Gasteiger partial charge is 0.493 e. The van der Waals surface area contributed by atoms with Crippen molar-refractivity contribution in [1.82, 2.24) is 10.6 Å². The van der Waals surface area contributed by atoms with Crippen LogP contribution in [0.4, 0.5) is 0 Å². The highest BCUT2D eigenvalue weighted by Crippen LogP contribution is 2.27. The first kappa shape index (κ1) is 26.3. The van der Waals surface area contributed by atoms with Crippen LogP contribution in [0.5, 0.6) is 11.5 Å². The predicted octanol–water partition coefficient (Wildman–Crippen LogP) is 2.65. The lowest BCUT2D eigenvalue weighted by Gasteiger charge is -2.19. The Hall–Kier alpha value is -4.33. The Morgan fingerprint density at radius 3 is 2.14 bits per heavy atom. The van der Waals surface area contributed by atoms with Gasteiger partial charge in [-0.3, -0.25) is 9.59 Å². The highest BCUT2D eigenvalue weighted by Gasteiger charge is 2.20. The third-order valence-electron chi connectivity index (χ3n) is 5.53. The van der Waals surface area contributed by atoms with Gasteiger partial charge in [0, 0.05) is 13.0 Å². The van der Waals surface area contributed by atoms with Crippen LogP contribution in [0.25, 0.3) is 0 Å². The number of ether oxygens (including phenoxy) is 2. The first-order chi connectivity index (χ1) is 17.5. The van der Waals surface area contributed by atoms with Gasteiger partial charge in [0.05, 0.1) is 20.6 Å². The Morgan fingerprint density at radius 2 is 1.50 bits per heavy atom. The quantitative estimate of drug-likeness (QED) is 0.282. The van der Waals surface area contributed by atoms with Crippen LogP contribution in [0.1, 0.15) is 16.7 Å². The molecule has 0 spiro atoms. The summed E-state index contributed by atoms with van der Waals surface area (Å²) >= 11 is 0. The number of benzene rings is 3. The van der Waals surface area contributed by atoms with Gasteiger partial charge in [-0.15, -0.1) is 0 Å². The van der Waals surface area contributed by atoms with Gasteiger partial charge in [0.1, 0.15) is 6.04 Å². The van der Waals surface area contributed by atoms with Gasteiger partial charge in [-0.25, -0.2) is 0 Å². The highest BCUT2D eigenvalue weighted by atomic mass is 16.5. The Kier molecular flexibility index (Phi) is 9.88. The van der Waals surface area contributed by atoms with Gasteiger partial charge < -0.3 is 25.8 Å². The van der Waals surface area contributed by atoms with Gasteiger partial charge in [-0.1, -0.05) is 66.7 Å². The second kappa shape index (κ2) is 13.5. The molecule has 4 N–H and O–H groups in total. The van der Waals surface area contributed by atoms with E-state index in [0.29, 0.717) is 36.4 Å². The Bertz CT molecular complexity index is 1170. The molecule has 8 heteroatoms. The summed E-state index contributed by atoms with van der Waals surface area (Å²) < 4.78 is 10.5. The van der Waals surface area contributed by atoms with Gasteiger partial charge in [-0.2, -0.15) is 4.99 Å². The van der Waals surface area contributed by atoms with Crippen LogP contribution in [0.2, 0.25) is 0 Å². The van der Waals surface area contributed by atoms with E-state index in [4.69, 9.17) is 15.2 Å². The number of methoxy groups -OCH3 is 2. The number of nitrogens with two attached hydrogens (primary N) is 1. The van der Waals surface area contributed by atoms with Crippen LogP contribution in [-0.4, -0.2) is 44.6 Å². The fraction of sp³-hybridized carbons (Fsp3) is 0.250. The molecule has 0 bridgehead atoms. The van der Waals surface area contributed by atoms with E-state index in [9.17, 15) is 9.59 Å². The van der Waals surface area contributed by atoms with Crippen LogP contribution in [0.3, 0.4) is 0 Å². The lowest BCUT2D eigenvalue weighted by Crippen LogP contribution is -2.51. The van der Waals surface area contributed by atoms with Gasteiger partial charge in [-0.05, 0) is 35.2 Å². The Balaban J connectivity index is 1.64. The number of hydrogen-bond donors (Lipinski definition) is 3. The van der Waals surface area contributed by atoms with Gasteiger partial charge in [0.25, 0.3) is 5.91 Å². The lowest BCUT2D eigenvalue weighted by molar-refractivity contribution is -0.123. The third-order valence-corrected chi connectivity index (χ3v) is 5.53. The minimum absolute atomic E-state index is 0.0232. The molecule has 0 fully saturated rings. The standard InChI is InChI=1S/C28H32N4O4/c1-35-24-14-13-22(18-25(24)36-2)19-26(33)32-28(29)31-23(17-21-11-7-4-8-12-21)27(34)30-16-15-20-9-5-3-6-10-20/h3-14,18,23H,15-17,19H2,1-2H3,(H,30,34)(H3,29,31,32,33). The van der Waals surface area contributed by atoms with Crippen molar-refractivity contribution in [1.29, 1.82) is 0 Å². The van der Waals surface area contributed by atoms with Crippen molar-refractivity contribution >= 4 is 17.8 Å². The van der Waals surface area contributed by atoms with Crippen molar-refractivity contribution in [2.45, 2.75) is 25.3 Å². The van der Waals surface area contributed by atoms with Crippen LogP contribution in [-0.2, 0) is 28.9 Å². The maximum atomic E-state index is 13.0. The monoisotopic (exact) mass is 488 g/mol. The molecule has 0 aromatic heterocycles. The zero-order chi connectivity index (χ0) is 25.8. The van der Waals surface area contributed by atoms with Crippen LogP contribution < -0.4 is 25.8 Å². The van der Waals surface area contributed by atoms with E-state index in [1.54, 1.807) is 25.3 Å². The summed E-state index contributed by atoms with van der Waals surface area (Å²) in [5, 5.41) is 5.87. The van der Waals surface area contributed by atoms with E-state index in [0.717, 1.165) is 11.1 Å². The van der Waals surface area contributed by atoms with E-state index in [1.165, 1.54) is 7.11 Å². The Labute approximate surface area is 211 Å². The number of carbonyl (C=O) groups is 2. The number of rotatable bonds is 11. The van der Waals surface area contributed by atoms with Gasteiger partial charge >= 0.3 is 0 Å². The van der Waals surface area contributed by atoms with Crippen molar-refractivity contribution in [2.75, 3.05) is 20.8 Å². The fourth-order valence-electron chi connectivity index (χ4n) is 3.71. The summed E-state index contributed by atoms with van der Waals surface area (Å²) in [4.78, 5) is 29.5. The minimum Gasteiger partial charge on any atom is -0.493 e. The lowest BCUT2D eigenvalue weighted by atomic mass is 10.1. The number of aliphatic imine (C=N–C) groups is 1. The highest BCUT2D eigenvalue weighted by molar-refractivity contribution is 5.95. The van der Waals surface area contributed by atoms with E-state index in [2.05, 4.69) is 15.6 Å². The summed E-state index contributed by atoms with van der Waals surface area (Å²) in [6, 6.07) is 24.0. The molecular formula is C28H32N4O4. The number of guanidine groups is 1. The van der Waals surface area contributed by atoms with E-state index in [-0.39, 0.29) is 18.3 Å². The van der Waals surface area contributed by atoms with E-state index >= 15 is 0 Å². The molecular weight excluding hydrogens is 456 g/mol. The summed E-state index contributed by atoms with van der Waals surface area (Å²) in [5.41, 5.74) is 8.83. The zero-order valence-corrected chi connectivity index (χ0v) is 20.6. The second-order valence-corrected chi connectivity index (χ2v) is 8.17. The van der Waals surface area contributed by atoms with Crippen molar-refractivity contribution in [3.8, 4) is 11.5 Å². The average Bonchev–Trinajstić information content (AvgIpc) is 2.89. The normalized spacial score (nSPS) is 11.9. The predicted molar refractivity (Wildman–Crippen MR) is 140 cm³/mol. The fourth-order valence-corrected chi connectivity index (χ4v) is 3.71. The van der Waals surface area contributed by atoms with Crippen molar-refractivity contribution in [2.24, 2.45) is 10.7 Å². The zero-order valence-electron chi connectivity index (χ0n) is 20.6.